The van der Waals surface area contributed by atoms with Crippen molar-refractivity contribution in [2.75, 3.05) is 6.54 Å². The van der Waals surface area contributed by atoms with E-state index >= 15 is 0 Å². The molecule has 0 unspecified atom stereocenters. The summed E-state index contributed by atoms with van der Waals surface area (Å²) in [7, 11) is 0. The summed E-state index contributed by atoms with van der Waals surface area (Å²) >= 11 is 0. The zero-order valence-corrected chi connectivity index (χ0v) is 12.3. The Morgan fingerprint density at radius 3 is 2.52 bits per heavy atom. The average molecular weight is 293 g/mol. The molecule has 2 rings (SSSR count). The molecule has 0 aliphatic heterocycles. The second-order valence-electron chi connectivity index (χ2n) is 5.86. The minimum absolute atomic E-state index is 0.0838. The number of carbonyl (C=O) groups excluding carboxylic acids is 1. The van der Waals surface area contributed by atoms with Gasteiger partial charge in [-0.3, -0.25) is 9.59 Å². The SMILES string of the molecule is O=C(CC1(C(=O)O)CCCCCC1)NCCc1ccco1. The van der Waals surface area contributed by atoms with Crippen LogP contribution in [0.4, 0.5) is 0 Å². The minimum atomic E-state index is -0.870. The van der Waals surface area contributed by atoms with Crippen LogP contribution in [0, 0.1) is 5.41 Å². The summed E-state index contributed by atoms with van der Waals surface area (Å²) < 4.78 is 5.19. The van der Waals surface area contributed by atoms with Gasteiger partial charge in [0.2, 0.25) is 5.91 Å². The lowest BCUT2D eigenvalue weighted by Crippen LogP contribution is -2.38. The van der Waals surface area contributed by atoms with E-state index in [4.69, 9.17) is 4.42 Å². The highest BCUT2D eigenvalue weighted by molar-refractivity contribution is 5.85. The van der Waals surface area contributed by atoms with E-state index in [2.05, 4.69) is 5.32 Å². The summed E-state index contributed by atoms with van der Waals surface area (Å²) in [5, 5.41) is 12.3. The molecule has 0 radical (unpaired) electrons. The highest BCUT2D eigenvalue weighted by atomic mass is 16.4. The number of carboxylic acids is 1. The van der Waals surface area contributed by atoms with Crippen molar-refractivity contribution < 1.29 is 19.1 Å². The van der Waals surface area contributed by atoms with E-state index in [1.54, 1.807) is 6.26 Å². The van der Waals surface area contributed by atoms with Gasteiger partial charge in [0, 0.05) is 19.4 Å². The molecular weight excluding hydrogens is 270 g/mol. The third-order valence-electron chi connectivity index (χ3n) is 4.29. The van der Waals surface area contributed by atoms with Gasteiger partial charge in [0.15, 0.2) is 0 Å². The molecule has 0 saturated heterocycles. The summed E-state index contributed by atoms with van der Waals surface area (Å²) in [6.07, 6.45) is 7.44. The fourth-order valence-corrected chi connectivity index (χ4v) is 3.02. The van der Waals surface area contributed by atoms with Gasteiger partial charge in [0.1, 0.15) is 5.76 Å². The van der Waals surface area contributed by atoms with Gasteiger partial charge in [-0.2, -0.15) is 0 Å². The maximum absolute atomic E-state index is 12.1. The second kappa shape index (κ2) is 7.29. The molecule has 1 aromatic rings. The normalized spacial score (nSPS) is 17.9. The molecule has 5 heteroatoms. The topological polar surface area (TPSA) is 79.5 Å². The summed E-state index contributed by atoms with van der Waals surface area (Å²) in [4.78, 5) is 23.7. The van der Waals surface area contributed by atoms with E-state index in [-0.39, 0.29) is 12.3 Å². The van der Waals surface area contributed by atoms with Crippen LogP contribution in [0.2, 0.25) is 0 Å². The number of furan rings is 1. The summed E-state index contributed by atoms with van der Waals surface area (Å²) in [5.41, 5.74) is -0.870. The Balaban J connectivity index is 1.84. The van der Waals surface area contributed by atoms with E-state index in [0.29, 0.717) is 25.8 Å². The third-order valence-corrected chi connectivity index (χ3v) is 4.29. The smallest absolute Gasteiger partial charge is 0.310 e. The first-order valence-corrected chi connectivity index (χ1v) is 7.65. The van der Waals surface area contributed by atoms with Crippen molar-refractivity contribution in [3.05, 3.63) is 24.2 Å². The van der Waals surface area contributed by atoms with E-state index in [9.17, 15) is 14.7 Å². The molecule has 1 fully saturated rings. The molecule has 21 heavy (non-hydrogen) atoms. The molecular formula is C16H23NO4. The number of aliphatic carboxylic acids is 1. The highest BCUT2D eigenvalue weighted by Crippen LogP contribution is 2.38. The molecule has 1 aliphatic carbocycles. The van der Waals surface area contributed by atoms with Gasteiger partial charge in [-0.15, -0.1) is 0 Å². The van der Waals surface area contributed by atoms with Gasteiger partial charge in [-0.05, 0) is 25.0 Å². The fraction of sp³-hybridized carbons (Fsp3) is 0.625. The standard InChI is InChI=1S/C16H23NO4/c18-14(17-10-7-13-6-5-11-21-13)12-16(15(19)20)8-3-1-2-4-9-16/h5-6,11H,1-4,7-10,12H2,(H,17,18)(H,19,20). The maximum atomic E-state index is 12.1. The predicted octanol–water partition coefficient (Wildman–Crippen LogP) is 2.75. The van der Waals surface area contributed by atoms with Crippen molar-refractivity contribution in [2.24, 2.45) is 5.41 Å². The molecule has 0 atom stereocenters. The summed E-state index contributed by atoms with van der Waals surface area (Å²) in [6, 6.07) is 3.66. The first kappa shape index (κ1) is 15.6. The Labute approximate surface area is 124 Å². The lowest BCUT2D eigenvalue weighted by molar-refractivity contribution is -0.152. The van der Waals surface area contributed by atoms with Gasteiger partial charge in [0.05, 0.1) is 11.7 Å². The van der Waals surface area contributed by atoms with Crippen LogP contribution in [0.25, 0.3) is 0 Å². The quantitative estimate of drug-likeness (QED) is 0.790. The monoisotopic (exact) mass is 293 g/mol. The number of nitrogens with one attached hydrogen (secondary N) is 1. The summed E-state index contributed by atoms with van der Waals surface area (Å²) in [5.74, 6) is -0.186. The van der Waals surface area contributed by atoms with Gasteiger partial charge in [0.25, 0.3) is 0 Å². The summed E-state index contributed by atoms with van der Waals surface area (Å²) in [6.45, 7) is 0.474. The number of hydrogen-bond donors (Lipinski definition) is 2. The maximum Gasteiger partial charge on any atom is 0.310 e. The zero-order valence-electron chi connectivity index (χ0n) is 12.3. The number of carbonyl (C=O) groups is 2. The Morgan fingerprint density at radius 1 is 1.24 bits per heavy atom. The van der Waals surface area contributed by atoms with Crippen molar-refractivity contribution in [1.82, 2.24) is 5.32 Å². The van der Waals surface area contributed by atoms with Crippen LogP contribution in [0.5, 0.6) is 0 Å². The van der Waals surface area contributed by atoms with Crippen LogP contribution in [0.15, 0.2) is 22.8 Å². The Hall–Kier alpha value is -1.78. The number of rotatable bonds is 6. The van der Waals surface area contributed by atoms with Crippen LogP contribution < -0.4 is 5.32 Å². The van der Waals surface area contributed by atoms with Crippen LogP contribution in [-0.2, 0) is 16.0 Å². The van der Waals surface area contributed by atoms with Gasteiger partial charge in [-0.1, -0.05) is 25.7 Å². The molecule has 0 spiro atoms. The Bertz CT molecular complexity index is 459. The lowest BCUT2D eigenvalue weighted by Gasteiger charge is -2.27. The van der Waals surface area contributed by atoms with E-state index in [1.807, 2.05) is 12.1 Å². The van der Waals surface area contributed by atoms with Crippen LogP contribution in [0.1, 0.15) is 50.7 Å². The molecule has 1 amide bonds. The molecule has 2 N–H and O–H groups in total. The van der Waals surface area contributed by atoms with E-state index < -0.39 is 11.4 Å². The van der Waals surface area contributed by atoms with Crippen molar-refractivity contribution in [3.63, 3.8) is 0 Å². The van der Waals surface area contributed by atoms with Crippen molar-refractivity contribution >= 4 is 11.9 Å². The third kappa shape index (κ3) is 4.34. The Kier molecular flexibility index (Phi) is 5.42. The zero-order chi connectivity index (χ0) is 15.1. The minimum Gasteiger partial charge on any atom is -0.481 e. The molecule has 1 aliphatic rings. The lowest BCUT2D eigenvalue weighted by atomic mass is 9.77. The van der Waals surface area contributed by atoms with Gasteiger partial charge < -0.3 is 14.8 Å². The fourth-order valence-electron chi connectivity index (χ4n) is 3.02. The predicted molar refractivity (Wildman–Crippen MR) is 77.8 cm³/mol. The number of hydrogen-bond acceptors (Lipinski definition) is 3. The van der Waals surface area contributed by atoms with Crippen molar-refractivity contribution in [2.45, 2.75) is 51.4 Å². The first-order valence-electron chi connectivity index (χ1n) is 7.65. The Morgan fingerprint density at radius 2 is 1.95 bits per heavy atom. The van der Waals surface area contributed by atoms with Crippen molar-refractivity contribution in [1.29, 1.82) is 0 Å². The van der Waals surface area contributed by atoms with Gasteiger partial charge in [-0.25, -0.2) is 0 Å². The van der Waals surface area contributed by atoms with Crippen LogP contribution in [0.3, 0.4) is 0 Å². The molecule has 0 aromatic carbocycles. The van der Waals surface area contributed by atoms with Crippen molar-refractivity contribution in [3.8, 4) is 0 Å². The highest BCUT2D eigenvalue weighted by Gasteiger charge is 2.40. The molecule has 116 valence electrons. The number of amides is 1. The van der Waals surface area contributed by atoms with Crippen LogP contribution >= 0.6 is 0 Å². The molecule has 5 nitrogen and oxygen atoms in total. The van der Waals surface area contributed by atoms with E-state index in [1.165, 1.54) is 0 Å². The average Bonchev–Trinajstić information content (AvgIpc) is 2.84. The first-order chi connectivity index (χ1) is 10.1. The van der Waals surface area contributed by atoms with Gasteiger partial charge >= 0.3 is 5.97 Å². The van der Waals surface area contributed by atoms with Crippen LogP contribution in [-0.4, -0.2) is 23.5 Å². The molecule has 1 saturated carbocycles. The largest absolute Gasteiger partial charge is 0.481 e. The second-order valence-corrected chi connectivity index (χ2v) is 5.86. The van der Waals surface area contributed by atoms with E-state index in [0.717, 1.165) is 31.4 Å². The molecule has 1 aromatic heterocycles. The molecule has 1 heterocycles. The number of carboxylic acid groups (broad SMARTS) is 1. The molecule has 0 bridgehead atoms.